The van der Waals surface area contributed by atoms with Gasteiger partial charge in [-0.05, 0) is 19.4 Å². The largest absolute Gasteiger partial charge is 0.496 e. The van der Waals surface area contributed by atoms with Gasteiger partial charge in [-0.1, -0.05) is 18.2 Å². The number of ether oxygens (including phenoxy) is 2. The van der Waals surface area contributed by atoms with Gasteiger partial charge in [-0.2, -0.15) is 0 Å². The van der Waals surface area contributed by atoms with E-state index in [4.69, 9.17) is 9.47 Å². The van der Waals surface area contributed by atoms with Gasteiger partial charge in [-0.3, -0.25) is 9.59 Å². The molecule has 1 aromatic rings. The molecular formula is C18H26N2O4. The van der Waals surface area contributed by atoms with Crippen molar-refractivity contribution in [2.75, 3.05) is 46.5 Å². The topological polar surface area (TPSA) is 59.1 Å². The van der Waals surface area contributed by atoms with Crippen LogP contribution in [0.15, 0.2) is 24.3 Å². The lowest BCUT2D eigenvalue weighted by Crippen LogP contribution is -2.39. The Morgan fingerprint density at radius 3 is 2.38 bits per heavy atom. The summed E-state index contributed by atoms with van der Waals surface area (Å²) in [6.45, 7) is 4.98. The molecule has 1 aliphatic heterocycles. The molecule has 1 heterocycles. The fraction of sp³-hybridized carbons (Fsp3) is 0.556. The predicted molar refractivity (Wildman–Crippen MR) is 91.0 cm³/mol. The summed E-state index contributed by atoms with van der Waals surface area (Å²) in [6.07, 6.45) is 1.10. The van der Waals surface area contributed by atoms with Crippen molar-refractivity contribution in [3.63, 3.8) is 0 Å². The van der Waals surface area contributed by atoms with Gasteiger partial charge in [0.1, 0.15) is 12.4 Å². The van der Waals surface area contributed by atoms with Crippen molar-refractivity contribution >= 4 is 11.8 Å². The molecule has 132 valence electrons. The maximum Gasteiger partial charge on any atom is 0.248 e. The highest BCUT2D eigenvalue weighted by Gasteiger charge is 2.22. The molecule has 1 aliphatic rings. The average Bonchev–Trinajstić information content (AvgIpc) is 2.86. The van der Waals surface area contributed by atoms with Gasteiger partial charge in [-0.15, -0.1) is 0 Å². The number of benzene rings is 1. The molecule has 0 unspecified atom stereocenters. The predicted octanol–water partition coefficient (Wildman–Crippen LogP) is 1.34. The fourth-order valence-electron chi connectivity index (χ4n) is 2.82. The average molecular weight is 334 g/mol. The number of carbonyl (C=O) groups excluding carboxylic acids is 2. The van der Waals surface area contributed by atoms with E-state index < -0.39 is 0 Å². The Morgan fingerprint density at radius 2 is 1.71 bits per heavy atom. The summed E-state index contributed by atoms with van der Waals surface area (Å²) < 4.78 is 10.5. The number of carbonyl (C=O) groups is 2. The van der Waals surface area contributed by atoms with E-state index in [1.807, 2.05) is 36.1 Å². The number of hydrogen-bond acceptors (Lipinski definition) is 4. The highest BCUT2D eigenvalue weighted by Crippen LogP contribution is 2.19. The summed E-state index contributed by atoms with van der Waals surface area (Å²) in [6, 6.07) is 7.56. The molecule has 1 aromatic carbocycles. The molecule has 24 heavy (non-hydrogen) atoms. The third kappa shape index (κ3) is 4.96. The minimum Gasteiger partial charge on any atom is -0.496 e. The van der Waals surface area contributed by atoms with E-state index in [0.717, 1.165) is 17.7 Å². The van der Waals surface area contributed by atoms with E-state index in [2.05, 4.69) is 0 Å². The van der Waals surface area contributed by atoms with Crippen molar-refractivity contribution in [3.05, 3.63) is 29.8 Å². The standard InChI is InChI=1S/C18H26N2O4/c1-3-24-14-18(22)20-10-6-9-19(11-12-20)17(21)13-15-7-4-5-8-16(15)23-2/h4-5,7-8H,3,6,9-14H2,1-2H3. The number of rotatable bonds is 6. The third-order valence-electron chi connectivity index (χ3n) is 4.17. The third-order valence-corrected chi connectivity index (χ3v) is 4.17. The lowest BCUT2D eigenvalue weighted by Gasteiger charge is -2.22. The first-order valence-electron chi connectivity index (χ1n) is 8.41. The van der Waals surface area contributed by atoms with E-state index in [-0.39, 0.29) is 18.4 Å². The van der Waals surface area contributed by atoms with E-state index in [9.17, 15) is 9.59 Å². The molecule has 1 fully saturated rings. The van der Waals surface area contributed by atoms with E-state index >= 15 is 0 Å². The molecule has 2 rings (SSSR count). The van der Waals surface area contributed by atoms with Crippen LogP contribution in [0.25, 0.3) is 0 Å². The van der Waals surface area contributed by atoms with Gasteiger partial charge in [0.25, 0.3) is 0 Å². The molecule has 1 saturated heterocycles. The van der Waals surface area contributed by atoms with E-state index in [0.29, 0.717) is 39.2 Å². The summed E-state index contributed by atoms with van der Waals surface area (Å²) in [5, 5.41) is 0. The van der Waals surface area contributed by atoms with Crippen molar-refractivity contribution in [2.45, 2.75) is 19.8 Å². The molecular weight excluding hydrogens is 308 g/mol. The first-order valence-corrected chi connectivity index (χ1v) is 8.41. The number of hydrogen-bond donors (Lipinski definition) is 0. The van der Waals surface area contributed by atoms with Crippen molar-refractivity contribution in [3.8, 4) is 5.75 Å². The zero-order valence-electron chi connectivity index (χ0n) is 14.5. The summed E-state index contributed by atoms with van der Waals surface area (Å²) in [7, 11) is 1.61. The Kier molecular flexibility index (Phi) is 7.06. The maximum absolute atomic E-state index is 12.6. The van der Waals surface area contributed by atoms with Crippen LogP contribution >= 0.6 is 0 Å². The molecule has 6 nitrogen and oxygen atoms in total. The van der Waals surface area contributed by atoms with Crippen LogP contribution in [0, 0.1) is 0 Å². The van der Waals surface area contributed by atoms with E-state index in [1.165, 1.54) is 0 Å². The highest BCUT2D eigenvalue weighted by atomic mass is 16.5. The first kappa shape index (κ1) is 18.3. The van der Waals surface area contributed by atoms with Crippen LogP contribution in [0.5, 0.6) is 5.75 Å². The normalized spacial score (nSPS) is 15.1. The number of nitrogens with zero attached hydrogens (tertiary/aromatic N) is 2. The number of methoxy groups -OCH3 is 1. The number of para-hydroxylation sites is 1. The molecule has 6 heteroatoms. The fourth-order valence-corrected chi connectivity index (χ4v) is 2.82. The summed E-state index contributed by atoms with van der Waals surface area (Å²) in [5.41, 5.74) is 0.888. The minimum absolute atomic E-state index is 0.00382. The summed E-state index contributed by atoms with van der Waals surface area (Å²) >= 11 is 0. The Morgan fingerprint density at radius 1 is 1.04 bits per heavy atom. The second kappa shape index (κ2) is 9.27. The molecule has 0 saturated carbocycles. The van der Waals surface area contributed by atoms with Gasteiger partial charge in [-0.25, -0.2) is 0 Å². The van der Waals surface area contributed by atoms with E-state index in [1.54, 1.807) is 12.0 Å². The van der Waals surface area contributed by atoms with Crippen LogP contribution < -0.4 is 4.74 Å². The zero-order valence-corrected chi connectivity index (χ0v) is 14.5. The quantitative estimate of drug-likeness (QED) is 0.788. The molecule has 0 aromatic heterocycles. The summed E-state index contributed by atoms with van der Waals surface area (Å²) in [5.74, 6) is 0.795. The second-order valence-electron chi connectivity index (χ2n) is 5.74. The van der Waals surface area contributed by atoms with Crippen LogP contribution in [0.4, 0.5) is 0 Å². The van der Waals surface area contributed by atoms with Gasteiger partial charge in [0.05, 0.1) is 13.5 Å². The molecule has 0 aliphatic carbocycles. The first-order chi connectivity index (χ1) is 11.7. The van der Waals surface area contributed by atoms with Crippen LogP contribution in [0.1, 0.15) is 18.9 Å². The van der Waals surface area contributed by atoms with Gasteiger partial charge < -0.3 is 19.3 Å². The van der Waals surface area contributed by atoms with Crippen molar-refractivity contribution in [2.24, 2.45) is 0 Å². The SMILES string of the molecule is CCOCC(=O)N1CCCN(C(=O)Cc2ccccc2OC)CC1. The molecule has 0 radical (unpaired) electrons. The molecule has 0 bridgehead atoms. The molecule has 0 spiro atoms. The Labute approximate surface area is 143 Å². The molecule has 0 N–H and O–H groups in total. The van der Waals surface area contributed by atoms with Crippen LogP contribution in [0.3, 0.4) is 0 Å². The van der Waals surface area contributed by atoms with Gasteiger partial charge in [0, 0.05) is 38.3 Å². The summed E-state index contributed by atoms with van der Waals surface area (Å²) in [4.78, 5) is 28.2. The highest BCUT2D eigenvalue weighted by molar-refractivity contribution is 5.80. The van der Waals surface area contributed by atoms with Crippen molar-refractivity contribution in [1.82, 2.24) is 9.80 Å². The maximum atomic E-state index is 12.6. The molecule has 2 amide bonds. The van der Waals surface area contributed by atoms with Gasteiger partial charge in [0.15, 0.2) is 0 Å². The van der Waals surface area contributed by atoms with Crippen LogP contribution in [-0.4, -0.2) is 68.1 Å². The number of amides is 2. The van der Waals surface area contributed by atoms with Crippen molar-refractivity contribution in [1.29, 1.82) is 0 Å². The Hall–Kier alpha value is -2.08. The minimum atomic E-state index is -0.00382. The van der Waals surface area contributed by atoms with Gasteiger partial charge >= 0.3 is 0 Å². The Bertz CT molecular complexity index is 562. The monoisotopic (exact) mass is 334 g/mol. The Balaban J connectivity index is 1.91. The van der Waals surface area contributed by atoms with Gasteiger partial charge in [0.2, 0.25) is 11.8 Å². The van der Waals surface area contributed by atoms with Crippen LogP contribution in [0.2, 0.25) is 0 Å². The van der Waals surface area contributed by atoms with Crippen LogP contribution in [-0.2, 0) is 20.7 Å². The molecule has 0 atom stereocenters. The zero-order chi connectivity index (χ0) is 17.4. The second-order valence-corrected chi connectivity index (χ2v) is 5.74. The lowest BCUT2D eigenvalue weighted by molar-refractivity contribution is -0.136. The lowest BCUT2D eigenvalue weighted by atomic mass is 10.1. The smallest absolute Gasteiger partial charge is 0.248 e. The van der Waals surface area contributed by atoms with Crippen molar-refractivity contribution < 1.29 is 19.1 Å².